The number of hydrogen-bond donors (Lipinski definition) is 2. The van der Waals surface area contributed by atoms with Crippen LogP contribution in [0.4, 0.5) is 5.95 Å². The number of aromatic amines is 1. The summed E-state index contributed by atoms with van der Waals surface area (Å²) in [7, 11) is 0. The van der Waals surface area contributed by atoms with Crippen LogP contribution in [0.5, 0.6) is 5.75 Å². The Balaban J connectivity index is 1.22. The van der Waals surface area contributed by atoms with Crippen LogP contribution in [0.2, 0.25) is 0 Å². The van der Waals surface area contributed by atoms with Crippen molar-refractivity contribution in [3.8, 4) is 16.9 Å². The Bertz CT molecular complexity index is 1140. The summed E-state index contributed by atoms with van der Waals surface area (Å²) < 4.78 is 6.03. The zero-order chi connectivity index (χ0) is 21.8. The summed E-state index contributed by atoms with van der Waals surface area (Å²) in [5.41, 5.74) is 2.19. The first-order valence-corrected chi connectivity index (χ1v) is 10.8. The monoisotopic (exact) mass is 430 g/mol. The van der Waals surface area contributed by atoms with Gasteiger partial charge in [0.05, 0.1) is 0 Å². The smallest absolute Gasteiger partial charge is 0.221 e. The molecule has 0 amide bonds. The van der Waals surface area contributed by atoms with E-state index in [1.54, 1.807) is 12.4 Å². The first-order chi connectivity index (χ1) is 15.8. The van der Waals surface area contributed by atoms with E-state index in [4.69, 9.17) is 4.74 Å². The third-order valence-corrected chi connectivity index (χ3v) is 5.81. The summed E-state index contributed by atoms with van der Waals surface area (Å²) in [6.07, 6.45) is 4.55. The number of rotatable bonds is 7. The van der Waals surface area contributed by atoms with Gasteiger partial charge < -0.3 is 14.7 Å². The van der Waals surface area contributed by atoms with Crippen molar-refractivity contribution in [1.29, 1.82) is 0 Å². The lowest BCUT2D eigenvalue weighted by molar-refractivity contribution is 0.0663. The van der Waals surface area contributed by atoms with Gasteiger partial charge in [-0.2, -0.15) is 10.1 Å². The standard InChI is InChI=1S/C24H26N6O2/c31-20(15-29-9-11-30(12-10-29)24-26-17-27-28-24)16-32-21-13-19-3-1-2-4-22(19)23(14-21)18-5-7-25-8-6-18/h1-8,13-14,17,20,31H,9-12,15-16H2,(H,26,27,28). The number of ether oxygens (including phenoxy) is 1. The fraction of sp³-hybridized carbons (Fsp3) is 0.292. The van der Waals surface area contributed by atoms with Gasteiger partial charge in [-0.05, 0) is 46.2 Å². The largest absolute Gasteiger partial charge is 0.491 e. The molecule has 8 heteroatoms. The average molecular weight is 431 g/mol. The number of aliphatic hydroxyl groups is 1. The number of nitrogens with one attached hydrogen (secondary N) is 1. The normalized spacial score (nSPS) is 15.7. The molecule has 1 saturated heterocycles. The molecule has 0 saturated carbocycles. The number of nitrogens with zero attached hydrogens (tertiary/aromatic N) is 5. The molecule has 1 unspecified atom stereocenters. The van der Waals surface area contributed by atoms with E-state index in [9.17, 15) is 5.11 Å². The summed E-state index contributed by atoms with van der Waals surface area (Å²) in [6.45, 7) is 4.25. The summed E-state index contributed by atoms with van der Waals surface area (Å²) in [5, 5.41) is 19.7. The van der Waals surface area contributed by atoms with Crippen molar-refractivity contribution in [3.05, 3.63) is 67.3 Å². The van der Waals surface area contributed by atoms with E-state index in [2.05, 4.69) is 42.1 Å². The Hall–Kier alpha value is -3.49. The second-order valence-corrected chi connectivity index (χ2v) is 7.99. The van der Waals surface area contributed by atoms with Gasteiger partial charge in [-0.25, -0.2) is 5.10 Å². The molecule has 164 valence electrons. The van der Waals surface area contributed by atoms with E-state index >= 15 is 0 Å². The molecule has 4 aromatic rings. The maximum absolute atomic E-state index is 10.6. The minimum Gasteiger partial charge on any atom is -0.491 e. The Morgan fingerprint density at radius 3 is 2.62 bits per heavy atom. The molecule has 1 fully saturated rings. The second-order valence-electron chi connectivity index (χ2n) is 7.99. The molecule has 2 aromatic carbocycles. The zero-order valence-electron chi connectivity index (χ0n) is 17.8. The van der Waals surface area contributed by atoms with Gasteiger partial charge in [0.1, 0.15) is 24.8 Å². The van der Waals surface area contributed by atoms with Gasteiger partial charge in [0, 0.05) is 45.1 Å². The number of hydrogen-bond acceptors (Lipinski definition) is 7. The van der Waals surface area contributed by atoms with Crippen LogP contribution in [0.15, 0.2) is 67.3 Å². The highest BCUT2D eigenvalue weighted by molar-refractivity contribution is 5.97. The molecule has 1 aliphatic heterocycles. The van der Waals surface area contributed by atoms with Crippen molar-refractivity contribution in [2.45, 2.75) is 6.10 Å². The predicted octanol–water partition coefficient (Wildman–Crippen LogP) is 2.58. The topological polar surface area (TPSA) is 90.4 Å². The number of anilines is 1. The van der Waals surface area contributed by atoms with Crippen molar-refractivity contribution in [1.82, 2.24) is 25.1 Å². The van der Waals surface area contributed by atoms with Gasteiger partial charge >= 0.3 is 0 Å². The summed E-state index contributed by atoms with van der Waals surface area (Å²) in [5.74, 6) is 1.56. The zero-order valence-corrected chi connectivity index (χ0v) is 17.8. The van der Waals surface area contributed by atoms with Crippen molar-refractivity contribution in [3.63, 3.8) is 0 Å². The number of fused-ring (bicyclic) bond motifs is 1. The van der Waals surface area contributed by atoms with Crippen molar-refractivity contribution < 1.29 is 9.84 Å². The average Bonchev–Trinajstić information content (AvgIpc) is 3.38. The molecule has 2 aromatic heterocycles. The minimum absolute atomic E-state index is 0.246. The van der Waals surface area contributed by atoms with Crippen LogP contribution >= 0.6 is 0 Å². The highest BCUT2D eigenvalue weighted by Gasteiger charge is 2.21. The first kappa shape index (κ1) is 20.4. The molecule has 32 heavy (non-hydrogen) atoms. The Labute approximate surface area is 186 Å². The lowest BCUT2D eigenvalue weighted by atomic mass is 9.98. The summed E-state index contributed by atoms with van der Waals surface area (Å²) >= 11 is 0. The molecule has 8 nitrogen and oxygen atoms in total. The fourth-order valence-electron chi connectivity index (χ4n) is 4.17. The van der Waals surface area contributed by atoms with Gasteiger partial charge in [-0.15, -0.1) is 0 Å². The molecular weight excluding hydrogens is 404 g/mol. The number of H-pyrrole nitrogens is 1. The third-order valence-electron chi connectivity index (χ3n) is 5.81. The van der Waals surface area contributed by atoms with Gasteiger partial charge in [0.25, 0.3) is 0 Å². The number of benzene rings is 2. The van der Waals surface area contributed by atoms with Crippen LogP contribution in [0.25, 0.3) is 21.9 Å². The van der Waals surface area contributed by atoms with Crippen molar-refractivity contribution in [2.24, 2.45) is 0 Å². The molecule has 5 rings (SSSR count). The van der Waals surface area contributed by atoms with Crippen LogP contribution in [0, 0.1) is 0 Å². The number of β-amino-alcohol motifs (C(OH)–C–C–N with tert-alkyl or cyclic N) is 1. The SMILES string of the molecule is OC(COc1cc(-c2ccncc2)c2ccccc2c1)CN1CCN(c2ncn[nH]2)CC1. The summed E-state index contributed by atoms with van der Waals surface area (Å²) in [4.78, 5) is 12.8. The first-order valence-electron chi connectivity index (χ1n) is 10.8. The number of piperazine rings is 1. The van der Waals surface area contributed by atoms with Crippen LogP contribution in [0.3, 0.4) is 0 Å². The quantitative estimate of drug-likeness (QED) is 0.466. The molecule has 0 spiro atoms. The predicted molar refractivity (Wildman–Crippen MR) is 124 cm³/mol. The second kappa shape index (κ2) is 9.33. The van der Waals surface area contributed by atoms with Gasteiger partial charge in [-0.1, -0.05) is 24.3 Å². The molecule has 0 radical (unpaired) electrons. The van der Waals surface area contributed by atoms with E-state index in [-0.39, 0.29) is 6.61 Å². The molecule has 0 bridgehead atoms. The van der Waals surface area contributed by atoms with Crippen LogP contribution in [-0.4, -0.2) is 75.6 Å². The van der Waals surface area contributed by atoms with Crippen LogP contribution < -0.4 is 9.64 Å². The van der Waals surface area contributed by atoms with Crippen molar-refractivity contribution in [2.75, 3.05) is 44.2 Å². The molecule has 2 N–H and O–H groups in total. The van der Waals surface area contributed by atoms with E-state index in [1.165, 1.54) is 6.33 Å². The van der Waals surface area contributed by atoms with Crippen molar-refractivity contribution >= 4 is 16.7 Å². The molecular formula is C24H26N6O2. The third kappa shape index (κ3) is 4.56. The van der Waals surface area contributed by atoms with Gasteiger partial charge in [-0.3, -0.25) is 9.88 Å². The van der Waals surface area contributed by atoms with Gasteiger partial charge in [0.15, 0.2) is 0 Å². The molecule has 0 aliphatic carbocycles. The fourth-order valence-corrected chi connectivity index (χ4v) is 4.17. The van der Waals surface area contributed by atoms with E-state index in [0.29, 0.717) is 6.54 Å². The summed E-state index contributed by atoms with van der Waals surface area (Å²) in [6, 6.07) is 16.3. The molecule has 1 aliphatic rings. The highest BCUT2D eigenvalue weighted by atomic mass is 16.5. The Kier molecular flexibility index (Phi) is 5.96. The maximum atomic E-state index is 10.6. The van der Waals surface area contributed by atoms with E-state index in [1.807, 2.05) is 36.4 Å². The number of aromatic nitrogens is 4. The minimum atomic E-state index is -0.567. The highest BCUT2D eigenvalue weighted by Crippen LogP contribution is 2.32. The Morgan fingerprint density at radius 1 is 1.03 bits per heavy atom. The van der Waals surface area contributed by atoms with Gasteiger partial charge in [0.2, 0.25) is 5.95 Å². The maximum Gasteiger partial charge on any atom is 0.221 e. The molecule has 3 heterocycles. The van der Waals surface area contributed by atoms with E-state index in [0.717, 1.165) is 59.8 Å². The van der Waals surface area contributed by atoms with Crippen LogP contribution in [0.1, 0.15) is 0 Å². The lowest BCUT2D eigenvalue weighted by Crippen LogP contribution is -2.49. The Morgan fingerprint density at radius 2 is 1.84 bits per heavy atom. The lowest BCUT2D eigenvalue weighted by Gasteiger charge is -2.35. The number of pyridine rings is 1. The number of aliphatic hydroxyl groups excluding tert-OH is 1. The molecule has 1 atom stereocenters. The van der Waals surface area contributed by atoms with Crippen LogP contribution in [-0.2, 0) is 0 Å². The van der Waals surface area contributed by atoms with E-state index < -0.39 is 6.10 Å².